The van der Waals surface area contributed by atoms with Gasteiger partial charge in [-0.25, -0.2) is 13.2 Å². The molecule has 0 atom stereocenters. The lowest BCUT2D eigenvalue weighted by Gasteiger charge is -2.20. The number of aliphatic hydroxyl groups excluding tert-OH is 1. The van der Waals surface area contributed by atoms with Crippen LogP contribution in [0.4, 0.5) is 0 Å². The molecule has 1 aliphatic rings. The summed E-state index contributed by atoms with van der Waals surface area (Å²) in [5, 5.41) is 19.2. The van der Waals surface area contributed by atoms with E-state index in [1.165, 1.54) is 15.8 Å². The van der Waals surface area contributed by atoms with E-state index in [-0.39, 0.29) is 16.4 Å². The maximum absolute atomic E-state index is 12.5. The average Bonchev–Trinajstić information content (AvgIpc) is 2.82. The van der Waals surface area contributed by atoms with E-state index in [2.05, 4.69) is 0 Å². The molecule has 0 aromatic carbocycles. The van der Waals surface area contributed by atoms with E-state index in [0.29, 0.717) is 32.6 Å². The van der Waals surface area contributed by atoms with Crippen molar-refractivity contribution in [3.63, 3.8) is 0 Å². The molecule has 2 rings (SSSR count). The second kappa shape index (κ2) is 6.84. The molecule has 2 N–H and O–H groups in total. The van der Waals surface area contributed by atoms with E-state index in [9.17, 15) is 13.2 Å². The zero-order valence-corrected chi connectivity index (χ0v) is 13.1. The first kappa shape index (κ1) is 16.4. The van der Waals surface area contributed by atoms with Crippen molar-refractivity contribution in [1.82, 2.24) is 9.21 Å². The van der Waals surface area contributed by atoms with Gasteiger partial charge in [-0.3, -0.25) is 4.90 Å². The highest BCUT2D eigenvalue weighted by molar-refractivity contribution is 7.91. The molecule has 0 radical (unpaired) electrons. The van der Waals surface area contributed by atoms with Crippen LogP contribution in [0.3, 0.4) is 0 Å². The number of thiophene rings is 1. The molecule has 0 unspecified atom stereocenters. The number of carboxylic acid groups (broad SMARTS) is 1. The van der Waals surface area contributed by atoms with Crippen molar-refractivity contribution in [3.05, 3.63) is 17.0 Å². The molecule has 0 spiro atoms. The Hall–Kier alpha value is -1.00. The Balaban J connectivity index is 2.13. The van der Waals surface area contributed by atoms with Crippen LogP contribution in [0.15, 0.2) is 15.7 Å². The molecule has 0 saturated carbocycles. The van der Waals surface area contributed by atoms with Gasteiger partial charge >= 0.3 is 5.97 Å². The summed E-state index contributed by atoms with van der Waals surface area (Å²) in [6.45, 7) is 2.66. The van der Waals surface area contributed by atoms with Gasteiger partial charge in [0.2, 0.25) is 0 Å². The molecule has 9 heteroatoms. The topological polar surface area (TPSA) is 98.1 Å². The fourth-order valence-corrected chi connectivity index (χ4v) is 5.02. The minimum absolute atomic E-state index is 0.00435. The second-order valence-electron chi connectivity index (χ2n) is 4.78. The summed E-state index contributed by atoms with van der Waals surface area (Å²) in [5.74, 6) is -1.13. The Bertz CT molecular complexity index is 599. The number of nitrogens with zero attached hydrogens (tertiary/aromatic N) is 2. The minimum Gasteiger partial charge on any atom is -0.478 e. The zero-order valence-electron chi connectivity index (χ0n) is 11.4. The van der Waals surface area contributed by atoms with E-state index >= 15 is 0 Å². The molecule has 1 fully saturated rings. The number of hydrogen-bond donors (Lipinski definition) is 2. The van der Waals surface area contributed by atoms with Crippen LogP contribution in [0.2, 0.25) is 0 Å². The average molecular weight is 334 g/mol. The van der Waals surface area contributed by atoms with Gasteiger partial charge in [-0.2, -0.15) is 4.31 Å². The van der Waals surface area contributed by atoms with Gasteiger partial charge in [0.1, 0.15) is 4.21 Å². The van der Waals surface area contributed by atoms with Crippen molar-refractivity contribution in [1.29, 1.82) is 0 Å². The van der Waals surface area contributed by atoms with E-state index in [0.717, 1.165) is 17.9 Å². The van der Waals surface area contributed by atoms with Gasteiger partial charge in [0.15, 0.2) is 0 Å². The van der Waals surface area contributed by atoms with Crippen molar-refractivity contribution in [3.8, 4) is 0 Å². The summed E-state index contributed by atoms with van der Waals surface area (Å²) >= 11 is 0.932. The Morgan fingerprint density at radius 2 is 2.05 bits per heavy atom. The van der Waals surface area contributed by atoms with E-state index in [1.807, 2.05) is 4.90 Å². The van der Waals surface area contributed by atoms with Gasteiger partial charge in [-0.1, -0.05) is 0 Å². The number of aliphatic hydroxyl groups is 1. The summed E-state index contributed by atoms with van der Waals surface area (Å²) in [7, 11) is -3.64. The quantitative estimate of drug-likeness (QED) is 0.794. The summed E-state index contributed by atoms with van der Waals surface area (Å²) in [4.78, 5) is 12.9. The van der Waals surface area contributed by atoms with Gasteiger partial charge in [-0.05, 0) is 19.0 Å². The largest absolute Gasteiger partial charge is 0.478 e. The van der Waals surface area contributed by atoms with Crippen molar-refractivity contribution >= 4 is 27.3 Å². The standard InChI is InChI=1S/C12H18N2O5S2/c15-7-6-13-2-1-3-14(5-4-13)21(18,19)11-8-10(9-20-11)12(16)17/h8-9,15H,1-7H2,(H,16,17). The third-order valence-electron chi connectivity index (χ3n) is 3.38. The number of aromatic carboxylic acids is 1. The first-order valence-electron chi connectivity index (χ1n) is 6.60. The molecule has 21 heavy (non-hydrogen) atoms. The van der Waals surface area contributed by atoms with Crippen molar-refractivity contribution in [2.24, 2.45) is 0 Å². The zero-order chi connectivity index (χ0) is 15.5. The molecule has 2 heterocycles. The maximum atomic E-state index is 12.5. The third-order valence-corrected chi connectivity index (χ3v) is 6.69. The molecule has 7 nitrogen and oxygen atoms in total. The summed E-state index contributed by atoms with van der Waals surface area (Å²) in [5.41, 5.74) is -0.00435. The first-order chi connectivity index (χ1) is 9.95. The van der Waals surface area contributed by atoms with Crippen LogP contribution < -0.4 is 0 Å². The lowest BCUT2D eigenvalue weighted by molar-refractivity contribution is 0.0697. The predicted octanol–water partition coefficient (Wildman–Crippen LogP) is 0.135. The number of carboxylic acids is 1. The molecule has 1 aliphatic heterocycles. The fourth-order valence-electron chi connectivity index (χ4n) is 2.24. The van der Waals surface area contributed by atoms with Gasteiger partial charge in [0, 0.05) is 31.6 Å². The monoisotopic (exact) mass is 334 g/mol. The van der Waals surface area contributed by atoms with Crippen LogP contribution >= 0.6 is 11.3 Å². The molecular formula is C12H18N2O5S2. The lowest BCUT2D eigenvalue weighted by Crippen LogP contribution is -2.35. The smallest absolute Gasteiger partial charge is 0.336 e. The van der Waals surface area contributed by atoms with Crippen LogP contribution in [-0.4, -0.2) is 73.1 Å². The Labute approximate surface area is 127 Å². The van der Waals surface area contributed by atoms with E-state index in [4.69, 9.17) is 10.2 Å². The van der Waals surface area contributed by atoms with Crippen LogP contribution in [0.1, 0.15) is 16.8 Å². The minimum atomic E-state index is -3.64. The third kappa shape index (κ3) is 3.80. The summed E-state index contributed by atoms with van der Waals surface area (Å²) in [6, 6.07) is 1.21. The fraction of sp³-hybridized carbons (Fsp3) is 0.583. The first-order valence-corrected chi connectivity index (χ1v) is 8.92. The normalized spacial score (nSPS) is 18.5. The molecule has 0 amide bonds. The SMILES string of the molecule is O=C(O)c1csc(S(=O)(=O)N2CCCN(CCO)CC2)c1. The molecule has 1 aromatic rings. The molecule has 1 aromatic heterocycles. The highest BCUT2D eigenvalue weighted by Gasteiger charge is 2.28. The molecule has 0 aliphatic carbocycles. The molecular weight excluding hydrogens is 316 g/mol. The Kier molecular flexibility index (Phi) is 5.33. The van der Waals surface area contributed by atoms with Gasteiger partial charge in [-0.15, -0.1) is 11.3 Å². The number of hydrogen-bond acceptors (Lipinski definition) is 6. The van der Waals surface area contributed by atoms with E-state index < -0.39 is 16.0 Å². The highest BCUT2D eigenvalue weighted by Crippen LogP contribution is 2.24. The van der Waals surface area contributed by atoms with E-state index in [1.54, 1.807) is 0 Å². The van der Waals surface area contributed by atoms with Crippen LogP contribution in [0.5, 0.6) is 0 Å². The van der Waals surface area contributed by atoms with Crippen molar-refractivity contribution < 1.29 is 23.4 Å². The van der Waals surface area contributed by atoms with Crippen LogP contribution in [-0.2, 0) is 10.0 Å². The Morgan fingerprint density at radius 1 is 1.29 bits per heavy atom. The maximum Gasteiger partial charge on any atom is 0.336 e. The van der Waals surface area contributed by atoms with Crippen LogP contribution in [0, 0.1) is 0 Å². The second-order valence-corrected chi connectivity index (χ2v) is 7.86. The molecule has 0 bridgehead atoms. The predicted molar refractivity (Wildman–Crippen MR) is 78.2 cm³/mol. The van der Waals surface area contributed by atoms with Crippen molar-refractivity contribution in [2.75, 3.05) is 39.3 Å². The van der Waals surface area contributed by atoms with Crippen molar-refractivity contribution in [2.45, 2.75) is 10.6 Å². The Morgan fingerprint density at radius 3 is 2.67 bits per heavy atom. The number of rotatable bonds is 5. The summed E-state index contributed by atoms with van der Waals surface area (Å²) < 4.78 is 26.5. The number of sulfonamides is 1. The summed E-state index contributed by atoms with van der Waals surface area (Å²) in [6.07, 6.45) is 0.691. The highest BCUT2D eigenvalue weighted by atomic mass is 32.2. The number of carbonyl (C=O) groups is 1. The number of β-amino-alcohol motifs (C(OH)–C–C–N with tert-alkyl or cyclic N) is 1. The van der Waals surface area contributed by atoms with Gasteiger partial charge in [0.25, 0.3) is 10.0 Å². The lowest BCUT2D eigenvalue weighted by atomic mass is 10.4. The van der Waals surface area contributed by atoms with Gasteiger partial charge in [0.05, 0.1) is 12.2 Å². The van der Waals surface area contributed by atoms with Crippen LogP contribution in [0.25, 0.3) is 0 Å². The molecule has 1 saturated heterocycles. The molecule has 118 valence electrons. The van der Waals surface area contributed by atoms with Gasteiger partial charge < -0.3 is 10.2 Å².